The van der Waals surface area contributed by atoms with Gasteiger partial charge in [0.25, 0.3) is 0 Å². The summed E-state index contributed by atoms with van der Waals surface area (Å²) in [5.74, 6) is -0.240. The second-order valence-electron chi connectivity index (χ2n) is 5.26. The van der Waals surface area contributed by atoms with Crippen LogP contribution in [-0.2, 0) is 6.54 Å². The Labute approximate surface area is 137 Å². The Kier molecular flexibility index (Phi) is 5.93. The van der Waals surface area contributed by atoms with Gasteiger partial charge in [-0.1, -0.05) is 28.1 Å². The van der Waals surface area contributed by atoms with Gasteiger partial charge >= 0.3 is 0 Å². The Balaban J connectivity index is 2.31. The monoisotopic (exact) mass is 370 g/mol. The fraction of sp³-hybridized carbons (Fsp3) is 0.375. The zero-order chi connectivity index (χ0) is 15.4. The van der Waals surface area contributed by atoms with Gasteiger partial charge in [-0.15, -0.1) is 11.3 Å². The third kappa shape index (κ3) is 4.13. The van der Waals surface area contributed by atoms with E-state index >= 15 is 0 Å². The number of benzene rings is 1. The van der Waals surface area contributed by atoms with Gasteiger partial charge in [-0.25, -0.2) is 4.39 Å². The van der Waals surface area contributed by atoms with Crippen molar-refractivity contribution in [1.82, 2.24) is 4.90 Å². The van der Waals surface area contributed by atoms with E-state index in [0.717, 1.165) is 16.6 Å². The van der Waals surface area contributed by atoms with Crippen molar-refractivity contribution in [3.63, 3.8) is 0 Å². The van der Waals surface area contributed by atoms with Crippen molar-refractivity contribution >= 4 is 27.3 Å². The molecule has 1 heterocycles. The number of hydrogen-bond donors (Lipinski definition) is 1. The first-order chi connectivity index (χ1) is 10.0. The molecule has 0 fully saturated rings. The Hall–Kier alpha value is -0.750. The summed E-state index contributed by atoms with van der Waals surface area (Å²) in [4.78, 5) is 3.66. The molecule has 0 bridgehead atoms. The van der Waals surface area contributed by atoms with E-state index in [2.05, 4.69) is 52.2 Å². The summed E-state index contributed by atoms with van der Waals surface area (Å²) in [5, 5.41) is 2.08. The highest BCUT2D eigenvalue weighted by Crippen LogP contribution is 2.31. The largest absolute Gasteiger partial charge is 0.329 e. The molecule has 0 aliphatic heterocycles. The van der Waals surface area contributed by atoms with Crippen LogP contribution in [-0.4, -0.2) is 17.5 Å². The van der Waals surface area contributed by atoms with Gasteiger partial charge in [0.15, 0.2) is 0 Å². The maximum absolute atomic E-state index is 13.3. The zero-order valence-electron chi connectivity index (χ0n) is 12.2. The van der Waals surface area contributed by atoms with Crippen LogP contribution in [0.2, 0.25) is 0 Å². The number of halogens is 2. The summed E-state index contributed by atoms with van der Waals surface area (Å²) >= 11 is 5.21. The molecule has 0 saturated carbocycles. The number of thiophene rings is 1. The molecular formula is C16H20BrFN2S. The number of rotatable bonds is 6. The van der Waals surface area contributed by atoms with Gasteiger partial charge < -0.3 is 5.73 Å². The molecule has 0 aliphatic carbocycles. The molecule has 21 heavy (non-hydrogen) atoms. The predicted octanol–water partition coefficient (Wildman–Crippen LogP) is 4.56. The van der Waals surface area contributed by atoms with Crippen molar-refractivity contribution in [3.8, 4) is 0 Å². The predicted molar refractivity (Wildman–Crippen MR) is 90.9 cm³/mol. The van der Waals surface area contributed by atoms with E-state index in [-0.39, 0.29) is 11.9 Å². The maximum atomic E-state index is 13.3. The minimum absolute atomic E-state index is 0.0575. The van der Waals surface area contributed by atoms with E-state index < -0.39 is 0 Å². The standard InChI is InChI=1S/C16H20BrFN2S/c1-11(2)20(10-13-4-3-7-21-13)16(9-19)14-6-5-12(18)8-15(14)17/h3-8,11,16H,9-10,19H2,1-2H3. The molecule has 5 heteroatoms. The third-order valence-electron chi connectivity index (χ3n) is 3.53. The highest BCUT2D eigenvalue weighted by Gasteiger charge is 2.24. The summed E-state index contributed by atoms with van der Waals surface area (Å²) in [5.41, 5.74) is 7.06. The van der Waals surface area contributed by atoms with Crippen molar-refractivity contribution in [2.24, 2.45) is 5.73 Å². The second kappa shape index (κ2) is 7.49. The van der Waals surface area contributed by atoms with Crippen LogP contribution in [0, 0.1) is 5.82 Å². The third-order valence-corrected chi connectivity index (χ3v) is 5.07. The van der Waals surface area contributed by atoms with Gasteiger partial charge in [0.1, 0.15) is 5.82 Å². The molecule has 0 aliphatic rings. The van der Waals surface area contributed by atoms with Crippen LogP contribution in [0.4, 0.5) is 4.39 Å². The molecule has 2 N–H and O–H groups in total. The molecular weight excluding hydrogens is 351 g/mol. The fourth-order valence-electron chi connectivity index (χ4n) is 2.45. The van der Waals surface area contributed by atoms with Gasteiger partial charge in [-0.2, -0.15) is 0 Å². The SMILES string of the molecule is CC(C)N(Cc1cccs1)C(CN)c1ccc(F)cc1Br. The van der Waals surface area contributed by atoms with E-state index in [1.54, 1.807) is 11.3 Å². The Morgan fingerprint density at radius 3 is 2.62 bits per heavy atom. The lowest BCUT2D eigenvalue weighted by molar-refractivity contribution is 0.149. The molecule has 1 unspecified atom stereocenters. The van der Waals surface area contributed by atoms with E-state index in [4.69, 9.17) is 5.73 Å². The van der Waals surface area contributed by atoms with Gasteiger partial charge in [0.05, 0.1) is 0 Å². The Bertz CT molecular complexity index is 572. The van der Waals surface area contributed by atoms with Crippen LogP contribution in [0.1, 0.15) is 30.3 Å². The maximum Gasteiger partial charge on any atom is 0.124 e. The van der Waals surface area contributed by atoms with Crippen molar-refractivity contribution in [3.05, 3.63) is 56.4 Å². The molecule has 2 rings (SSSR count). The van der Waals surface area contributed by atoms with Gasteiger partial charge in [0.2, 0.25) is 0 Å². The lowest BCUT2D eigenvalue weighted by Crippen LogP contribution is -2.38. The average molecular weight is 371 g/mol. The molecule has 0 saturated heterocycles. The highest BCUT2D eigenvalue weighted by molar-refractivity contribution is 9.10. The van der Waals surface area contributed by atoms with Crippen LogP contribution in [0.25, 0.3) is 0 Å². The molecule has 1 aromatic carbocycles. The molecule has 0 spiro atoms. The highest BCUT2D eigenvalue weighted by atomic mass is 79.9. The molecule has 114 valence electrons. The van der Waals surface area contributed by atoms with Crippen molar-refractivity contribution in [1.29, 1.82) is 0 Å². The van der Waals surface area contributed by atoms with Crippen molar-refractivity contribution in [2.45, 2.75) is 32.5 Å². The summed E-state index contributed by atoms with van der Waals surface area (Å²) < 4.78 is 14.1. The molecule has 0 amide bonds. The Morgan fingerprint density at radius 2 is 2.10 bits per heavy atom. The van der Waals surface area contributed by atoms with E-state index in [9.17, 15) is 4.39 Å². The Morgan fingerprint density at radius 1 is 1.33 bits per heavy atom. The summed E-state index contributed by atoms with van der Waals surface area (Å²) in [6, 6.07) is 9.41. The molecule has 0 radical (unpaired) electrons. The topological polar surface area (TPSA) is 29.3 Å². The van der Waals surface area contributed by atoms with E-state index in [0.29, 0.717) is 12.6 Å². The summed E-state index contributed by atoms with van der Waals surface area (Å²) in [6.45, 7) is 5.66. The van der Waals surface area contributed by atoms with Crippen LogP contribution in [0.15, 0.2) is 40.2 Å². The minimum atomic E-state index is -0.240. The average Bonchev–Trinajstić information content (AvgIpc) is 2.93. The normalized spacial score (nSPS) is 13.1. The first-order valence-corrected chi connectivity index (χ1v) is 8.63. The molecule has 1 aromatic heterocycles. The van der Waals surface area contributed by atoms with Gasteiger partial charge in [-0.05, 0) is 43.0 Å². The summed E-state index contributed by atoms with van der Waals surface area (Å²) in [6.07, 6.45) is 0. The second-order valence-corrected chi connectivity index (χ2v) is 7.15. The number of nitrogens with two attached hydrogens (primary N) is 1. The first kappa shape index (κ1) is 16.6. The van der Waals surface area contributed by atoms with E-state index in [1.165, 1.54) is 17.0 Å². The lowest BCUT2D eigenvalue weighted by atomic mass is 10.0. The number of nitrogens with zero attached hydrogens (tertiary/aromatic N) is 1. The molecule has 1 atom stereocenters. The van der Waals surface area contributed by atoms with Gasteiger partial charge in [-0.3, -0.25) is 4.90 Å². The van der Waals surface area contributed by atoms with Crippen LogP contribution >= 0.6 is 27.3 Å². The fourth-order valence-corrected chi connectivity index (χ4v) is 3.78. The minimum Gasteiger partial charge on any atom is -0.329 e. The zero-order valence-corrected chi connectivity index (χ0v) is 14.6. The van der Waals surface area contributed by atoms with Crippen molar-refractivity contribution < 1.29 is 4.39 Å². The van der Waals surface area contributed by atoms with Crippen LogP contribution in [0.5, 0.6) is 0 Å². The number of hydrogen-bond acceptors (Lipinski definition) is 3. The molecule has 2 nitrogen and oxygen atoms in total. The summed E-state index contributed by atoms with van der Waals surface area (Å²) in [7, 11) is 0. The first-order valence-electron chi connectivity index (χ1n) is 6.96. The van der Waals surface area contributed by atoms with Crippen LogP contribution < -0.4 is 5.73 Å². The van der Waals surface area contributed by atoms with E-state index in [1.807, 2.05) is 6.07 Å². The quantitative estimate of drug-likeness (QED) is 0.807. The smallest absolute Gasteiger partial charge is 0.124 e. The van der Waals surface area contributed by atoms with Crippen molar-refractivity contribution in [2.75, 3.05) is 6.54 Å². The van der Waals surface area contributed by atoms with Gasteiger partial charge in [0, 0.05) is 34.5 Å². The van der Waals surface area contributed by atoms with Crippen LogP contribution in [0.3, 0.4) is 0 Å². The lowest BCUT2D eigenvalue weighted by Gasteiger charge is -2.34. The molecule has 2 aromatic rings.